The van der Waals surface area contributed by atoms with Crippen molar-refractivity contribution < 1.29 is 34.5 Å². The zero-order valence-electron chi connectivity index (χ0n) is 21.5. The molecule has 1 aliphatic carbocycles. The van der Waals surface area contributed by atoms with Crippen molar-refractivity contribution in [2.75, 3.05) is 11.8 Å². The molecular formula is C23H20BrF2N3O5S2. The number of sulfonamides is 1. The van der Waals surface area contributed by atoms with Crippen LogP contribution in [0.4, 0.5) is 14.5 Å². The van der Waals surface area contributed by atoms with Crippen molar-refractivity contribution in [2.45, 2.75) is 41.6 Å². The predicted molar refractivity (Wildman–Crippen MR) is 130 cm³/mol. The van der Waals surface area contributed by atoms with Crippen molar-refractivity contribution in [2.24, 2.45) is 0 Å². The molecule has 36 heavy (non-hydrogen) atoms. The molecule has 1 heterocycles. The van der Waals surface area contributed by atoms with Gasteiger partial charge < -0.3 is 4.74 Å². The number of rotatable bonds is 6. The van der Waals surface area contributed by atoms with Gasteiger partial charge in [0.2, 0.25) is 0 Å². The SMILES string of the molecule is [2H]C([2H])([2H])OC1(C#N)CCc2c(S(=O)(=O)Nc3cc(F)c(Br)cc3F)cn(S(=O)(=O)c3ccc(C)cc3)c2C1. The molecule has 1 N–H and O–H groups in total. The highest BCUT2D eigenvalue weighted by atomic mass is 79.9. The fourth-order valence-corrected chi connectivity index (χ4v) is 7.09. The number of halogens is 3. The van der Waals surface area contributed by atoms with Crippen LogP contribution in [-0.4, -0.2) is 33.4 Å². The summed E-state index contributed by atoms with van der Waals surface area (Å²) in [6, 6.07) is 8.82. The molecule has 1 aromatic heterocycles. The highest BCUT2D eigenvalue weighted by Gasteiger charge is 2.41. The molecule has 3 aromatic rings. The Labute approximate surface area is 220 Å². The molecular weight excluding hydrogens is 580 g/mol. The zero-order valence-corrected chi connectivity index (χ0v) is 21.8. The van der Waals surface area contributed by atoms with E-state index in [2.05, 4.69) is 15.9 Å². The lowest BCUT2D eigenvalue weighted by molar-refractivity contribution is 0.0265. The molecule has 190 valence electrons. The van der Waals surface area contributed by atoms with E-state index in [9.17, 15) is 30.9 Å². The Balaban J connectivity index is 1.90. The third-order valence-electron chi connectivity index (χ3n) is 5.90. The van der Waals surface area contributed by atoms with Crippen LogP contribution in [-0.2, 0) is 37.6 Å². The minimum absolute atomic E-state index is 0.0313. The Kier molecular flexibility index (Phi) is 5.76. The molecule has 0 aliphatic heterocycles. The first-order chi connectivity index (χ1) is 18.0. The number of benzene rings is 2. The standard InChI is InChI=1S/C23H20BrF2N3O5S2/c1-14-3-5-15(6-4-14)36(32,33)29-12-22(16-7-8-23(13-27,34-2)11-21(16)29)35(30,31)28-20-10-18(25)17(24)9-19(20)26/h3-6,9-10,12,28H,7-8,11H2,1-2H3/i2D3. The van der Waals surface area contributed by atoms with Gasteiger partial charge in [0.15, 0.2) is 5.60 Å². The lowest BCUT2D eigenvalue weighted by Crippen LogP contribution is -2.38. The molecule has 1 aliphatic rings. The minimum Gasteiger partial charge on any atom is -0.363 e. The highest BCUT2D eigenvalue weighted by Crippen LogP contribution is 2.38. The van der Waals surface area contributed by atoms with Gasteiger partial charge in [-0.1, -0.05) is 17.7 Å². The molecule has 0 saturated carbocycles. The van der Waals surface area contributed by atoms with Gasteiger partial charge in [0.25, 0.3) is 20.0 Å². The number of methoxy groups -OCH3 is 1. The summed E-state index contributed by atoms with van der Waals surface area (Å²) in [5, 5.41) is 9.82. The summed E-state index contributed by atoms with van der Waals surface area (Å²) in [6.45, 7) is 1.74. The van der Waals surface area contributed by atoms with E-state index in [1.165, 1.54) is 24.3 Å². The lowest BCUT2D eigenvalue weighted by atomic mass is 9.85. The number of nitriles is 1. The monoisotopic (exact) mass is 602 g/mol. The first-order valence-electron chi connectivity index (χ1n) is 11.8. The summed E-state index contributed by atoms with van der Waals surface area (Å²) in [5.41, 5.74) is -2.15. The summed E-state index contributed by atoms with van der Waals surface area (Å²) in [7, 11) is -12.2. The lowest BCUT2D eigenvalue weighted by Gasteiger charge is -2.30. The Bertz CT molecular complexity index is 1720. The fraction of sp³-hybridized carbons (Fsp3) is 0.261. The summed E-state index contributed by atoms with van der Waals surface area (Å²) < 4.78 is 112. The van der Waals surface area contributed by atoms with E-state index in [0.29, 0.717) is 10.0 Å². The molecule has 13 heteroatoms. The third kappa shape index (κ3) is 4.54. The van der Waals surface area contributed by atoms with Crippen LogP contribution in [0.25, 0.3) is 0 Å². The molecule has 0 radical (unpaired) electrons. The Hall–Kier alpha value is -2.79. The van der Waals surface area contributed by atoms with Crippen LogP contribution in [0.5, 0.6) is 0 Å². The van der Waals surface area contributed by atoms with Gasteiger partial charge in [-0.3, -0.25) is 4.72 Å². The highest BCUT2D eigenvalue weighted by molar-refractivity contribution is 9.10. The van der Waals surface area contributed by atoms with Crippen molar-refractivity contribution in [3.05, 3.63) is 75.5 Å². The second-order valence-electron chi connectivity index (χ2n) is 8.27. The zero-order chi connectivity index (χ0) is 29.0. The molecule has 1 atom stereocenters. The van der Waals surface area contributed by atoms with Crippen molar-refractivity contribution in [1.82, 2.24) is 3.97 Å². The first kappa shape index (κ1) is 22.4. The summed E-state index contributed by atoms with van der Waals surface area (Å²) in [5.74, 6) is -2.04. The van der Waals surface area contributed by atoms with Gasteiger partial charge in [0.05, 0.1) is 25.2 Å². The van der Waals surface area contributed by atoms with Crippen molar-refractivity contribution >= 4 is 41.7 Å². The Morgan fingerprint density at radius 3 is 2.53 bits per heavy atom. The smallest absolute Gasteiger partial charge is 0.267 e. The quantitative estimate of drug-likeness (QED) is 0.421. The van der Waals surface area contributed by atoms with Crippen molar-refractivity contribution in [3.8, 4) is 6.07 Å². The van der Waals surface area contributed by atoms with Crippen LogP contribution >= 0.6 is 15.9 Å². The Morgan fingerprint density at radius 2 is 1.89 bits per heavy atom. The van der Waals surface area contributed by atoms with Crippen LogP contribution < -0.4 is 4.72 Å². The fourth-order valence-electron chi connectivity index (χ4n) is 3.95. The molecule has 0 saturated heterocycles. The van der Waals surface area contributed by atoms with Crippen LogP contribution in [0.1, 0.15) is 27.4 Å². The average Bonchev–Trinajstić information content (AvgIpc) is 3.22. The maximum absolute atomic E-state index is 14.4. The number of nitrogens with zero attached hydrogens (tertiary/aromatic N) is 2. The number of aryl methyl sites for hydroxylation is 1. The molecule has 4 rings (SSSR count). The van der Waals surface area contributed by atoms with Crippen molar-refractivity contribution in [3.63, 3.8) is 0 Å². The van der Waals surface area contributed by atoms with E-state index in [-0.39, 0.29) is 33.5 Å². The van der Waals surface area contributed by atoms with Crippen molar-refractivity contribution in [1.29, 1.82) is 5.26 Å². The third-order valence-corrected chi connectivity index (χ3v) is 9.64. The van der Waals surface area contributed by atoms with E-state index < -0.39 is 61.3 Å². The van der Waals surface area contributed by atoms with Gasteiger partial charge in [-0.15, -0.1) is 0 Å². The second-order valence-corrected chi connectivity index (χ2v) is 12.6. The topological polar surface area (TPSA) is 118 Å². The summed E-state index contributed by atoms with van der Waals surface area (Å²) >= 11 is 2.80. The van der Waals surface area contributed by atoms with Crippen LogP contribution in [0.2, 0.25) is 0 Å². The van der Waals surface area contributed by atoms with Gasteiger partial charge in [-0.2, -0.15) is 5.26 Å². The predicted octanol–water partition coefficient (Wildman–Crippen LogP) is 4.27. The van der Waals surface area contributed by atoms with E-state index in [4.69, 9.17) is 8.85 Å². The number of hydrogen-bond donors (Lipinski definition) is 1. The van der Waals surface area contributed by atoms with Gasteiger partial charge in [-0.25, -0.2) is 29.6 Å². The molecule has 0 bridgehead atoms. The average molecular weight is 603 g/mol. The molecule has 2 aromatic carbocycles. The first-order valence-corrected chi connectivity index (χ1v) is 14.0. The maximum atomic E-state index is 14.4. The molecule has 0 amide bonds. The van der Waals surface area contributed by atoms with Crippen LogP contribution in [0.3, 0.4) is 0 Å². The van der Waals surface area contributed by atoms with E-state index in [0.717, 1.165) is 17.8 Å². The van der Waals surface area contributed by atoms with Crippen LogP contribution in [0.15, 0.2) is 56.9 Å². The van der Waals surface area contributed by atoms with E-state index >= 15 is 0 Å². The maximum Gasteiger partial charge on any atom is 0.267 e. The summed E-state index contributed by atoms with van der Waals surface area (Å²) in [4.78, 5) is -0.759. The molecule has 0 spiro atoms. The minimum atomic E-state index is -4.71. The number of anilines is 1. The molecule has 1 unspecified atom stereocenters. The number of aromatic nitrogens is 1. The number of hydrogen-bond acceptors (Lipinski definition) is 6. The van der Waals surface area contributed by atoms with Crippen LogP contribution in [0, 0.1) is 29.9 Å². The largest absolute Gasteiger partial charge is 0.363 e. The number of fused-ring (bicyclic) bond motifs is 1. The number of ether oxygens (including phenoxy) is 1. The number of nitrogens with one attached hydrogen (secondary N) is 1. The van der Waals surface area contributed by atoms with E-state index in [1.54, 1.807) is 13.0 Å². The van der Waals surface area contributed by atoms with Gasteiger partial charge >= 0.3 is 0 Å². The summed E-state index contributed by atoms with van der Waals surface area (Å²) in [6.07, 6.45) is -0.298. The normalized spacial score (nSPS) is 19.5. The van der Waals surface area contributed by atoms with Gasteiger partial charge in [0, 0.05) is 31.4 Å². The van der Waals surface area contributed by atoms with E-state index in [1.807, 2.05) is 4.72 Å². The molecule has 0 fully saturated rings. The molecule has 8 nitrogen and oxygen atoms in total. The van der Waals surface area contributed by atoms with Gasteiger partial charge in [0.1, 0.15) is 16.5 Å². The van der Waals surface area contributed by atoms with Gasteiger partial charge in [-0.05, 0) is 59.5 Å². The second kappa shape index (κ2) is 9.26. The Morgan fingerprint density at radius 1 is 1.19 bits per heavy atom.